The van der Waals surface area contributed by atoms with Crippen molar-refractivity contribution in [3.63, 3.8) is 0 Å². The molecule has 0 saturated carbocycles. The number of hydrogen-bond acceptors (Lipinski definition) is 4. The van der Waals surface area contributed by atoms with Gasteiger partial charge in [0.1, 0.15) is 0 Å². The summed E-state index contributed by atoms with van der Waals surface area (Å²) < 4.78 is 39.4. The minimum Gasteiger partial charge on any atom is -0.341 e. The molecule has 34 heavy (non-hydrogen) atoms. The summed E-state index contributed by atoms with van der Waals surface area (Å²) in [5, 5.41) is 3.43. The van der Waals surface area contributed by atoms with Crippen molar-refractivity contribution in [2.75, 3.05) is 43.8 Å². The van der Waals surface area contributed by atoms with E-state index < -0.39 is 17.6 Å². The summed E-state index contributed by atoms with van der Waals surface area (Å²) in [6.45, 7) is 3.80. The van der Waals surface area contributed by atoms with Gasteiger partial charge in [0.15, 0.2) is 0 Å². The molecule has 1 fully saturated rings. The number of alkyl halides is 3. The van der Waals surface area contributed by atoms with Gasteiger partial charge < -0.3 is 10.2 Å². The van der Waals surface area contributed by atoms with Crippen LogP contribution in [0.4, 0.5) is 18.9 Å². The molecular formula is C23H24Cl2F3N3O2S. The minimum absolute atomic E-state index is 0.0425. The average molecular weight is 534 g/mol. The number of nitrogens with zero attached hydrogens (tertiary/aromatic N) is 2. The minimum atomic E-state index is -4.56. The molecule has 2 aromatic carbocycles. The molecule has 0 spiro atoms. The highest BCUT2D eigenvalue weighted by atomic mass is 35.5. The third-order valence-electron chi connectivity index (χ3n) is 5.38. The maximum atomic E-state index is 13.1. The van der Waals surface area contributed by atoms with Crippen LogP contribution in [0.2, 0.25) is 10.0 Å². The Hall–Kier alpha value is -1.94. The molecule has 0 aliphatic carbocycles. The van der Waals surface area contributed by atoms with Crippen LogP contribution in [0.1, 0.15) is 17.5 Å². The zero-order chi connectivity index (χ0) is 24.9. The summed E-state index contributed by atoms with van der Waals surface area (Å²) in [7, 11) is 0. The van der Waals surface area contributed by atoms with E-state index in [4.69, 9.17) is 23.2 Å². The molecule has 0 bridgehead atoms. The van der Waals surface area contributed by atoms with Crippen LogP contribution < -0.4 is 5.32 Å². The zero-order valence-electron chi connectivity index (χ0n) is 18.4. The molecule has 5 nitrogen and oxygen atoms in total. The summed E-state index contributed by atoms with van der Waals surface area (Å²) in [5.74, 6) is -0.353. The summed E-state index contributed by atoms with van der Waals surface area (Å²) in [6.07, 6.45) is -3.90. The maximum absolute atomic E-state index is 13.1. The monoisotopic (exact) mass is 533 g/mol. The average Bonchev–Trinajstić information content (AvgIpc) is 3.00. The zero-order valence-corrected chi connectivity index (χ0v) is 20.8. The smallest absolute Gasteiger partial charge is 0.341 e. The molecule has 1 aliphatic rings. The third kappa shape index (κ3) is 7.28. The summed E-state index contributed by atoms with van der Waals surface area (Å²) in [6, 6.07) is 8.39. The number of amides is 2. The largest absolute Gasteiger partial charge is 0.418 e. The quantitative estimate of drug-likeness (QED) is 0.492. The number of aryl methyl sites for hydroxylation is 1. The van der Waals surface area contributed by atoms with Crippen molar-refractivity contribution < 1.29 is 22.8 Å². The van der Waals surface area contributed by atoms with Gasteiger partial charge in [-0.25, -0.2) is 0 Å². The molecule has 2 aromatic rings. The number of nitrogens with one attached hydrogen (secondary N) is 1. The Kier molecular flexibility index (Phi) is 9.14. The van der Waals surface area contributed by atoms with Crippen LogP contribution in [0.15, 0.2) is 41.3 Å². The second-order valence-corrected chi connectivity index (χ2v) is 9.75. The number of benzene rings is 2. The van der Waals surface area contributed by atoms with E-state index in [1.54, 1.807) is 11.0 Å². The Morgan fingerprint density at radius 1 is 1.06 bits per heavy atom. The highest BCUT2D eigenvalue weighted by Crippen LogP contribution is 2.34. The first-order valence-electron chi connectivity index (χ1n) is 10.6. The van der Waals surface area contributed by atoms with Gasteiger partial charge in [0.2, 0.25) is 11.8 Å². The van der Waals surface area contributed by atoms with Gasteiger partial charge in [0.25, 0.3) is 0 Å². The normalized spacial score (nSPS) is 15.2. The summed E-state index contributed by atoms with van der Waals surface area (Å²) in [5.41, 5.74) is -0.271. The third-order valence-corrected chi connectivity index (χ3v) is 7.25. The highest BCUT2D eigenvalue weighted by molar-refractivity contribution is 8.00. The number of rotatable bonds is 6. The number of anilines is 1. The predicted octanol–water partition coefficient (Wildman–Crippen LogP) is 5.59. The van der Waals surface area contributed by atoms with Crippen LogP contribution in [0.3, 0.4) is 0 Å². The Labute approximate surface area is 210 Å². The molecule has 0 aromatic heterocycles. The van der Waals surface area contributed by atoms with Crippen LogP contribution in [-0.4, -0.2) is 60.1 Å². The van der Waals surface area contributed by atoms with E-state index in [-0.39, 0.29) is 23.9 Å². The molecule has 1 aliphatic heterocycles. The molecule has 1 N–H and O–H groups in total. The van der Waals surface area contributed by atoms with Gasteiger partial charge in [0.05, 0.1) is 28.6 Å². The molecule has 1 heterocycles. The first-order chi connectivity index (χ1) is 16.0. The van der Waals surface area contributed by atoms with Gasteiger partial charge in [-0.3, -0.25) is 14.5 Å². The Bertz CT molecular complexity index is 1050. The second kappa shape index (κ2) is 11.7. The standard InChI is InChI=1S/C23H24Cl2F3N3O2S/c1-15-11-20(18(25)12-17(15)24)34-14-22(33)31-8-4-7-30(9-10-31)13-21(32)29-19-6-3-2-5-16(19)23(26,27)28/h2-3,5-6,11-12H,4,7-10,13-14H2,1H3,(H,29,32). The Balaban J connectivity index is 1.51. The summed E-state index contributed by atoms with van der Waals surface area (Å²) >= 11 is 13.6. The topological polar surface area (TPSA) is 52.7 Å². The molecule has 2 amide bonds. The fraction of sp³-hybridized carbons (Fsp3) is 0.391. The predicted molar refractivity (Wildman–Crippen MR) is 130 cm³/mol. The van der Waals surface area contributed by atoms with E-state index in [1.807, 2.05) is 17.9 Å². The lowest BCUT2D eigenvalue weighted by Crippen LogP contribution is -2.38. The summed E-state index contributed by atoms with van der Waals surface area (Å²) in [4.78, 5) is 29.5. The van der Waals surface area contributed by atoms with Crippen LogP contribution >= 0.6 is 35.0 Å². The molecule has 1 saturated heterocycles. The Morgan fingerprint density at radius 3 is 2.53 bits per heavy atom. The van der Waals surface area contributed by atoms with E-state index in [9.17, 15) is 22.8 Å². The van der Waals surface area contributed by atoms with Crippen molar-refractivity contribution in [1.29, 1.82) is 0 Å². The molecule has 0 atom stereocenters. The Morgan fingerprint density at radius 2 is 1.79 bits per heavy atom. The first kappa shape index (κ1) is 26.7. The fourth-order valence-corrected chi connectivity index (χ4v) is 5.05. The first-order valence-corrected chi connectivity index (χ1v) is 12.3. The number of halogens is 5. The van der Waals surface area contributed by atoms with Crippen molar-refractivity contribution in [1.82, 2.24) is 9.80 Å². The van der Waals surface area contributed by atoms with Crippen LogP contribution in [0.25, 0.3) is 0 Å². The van der Waals surface area contributed by atoms with Crippen LogP contribution in [0.5, 0.6) is 0 Å². The van der Waals surface area contributed by atoms with Crippen LogP contribution in [-0.2, 0) is 15.8 Å². The SMILES string of the molecule is Cc1cc(SCC(=O)N2CCCN(CC(=O)Nc3ccccc3C(F)(F)F)CC2)c(Cl)cc1Cl. The van der Waals surface area contributed by atoms with Gasteiger partial charge in [-0.1, -0.05) is 35.3 Å². The lowest BCUT2D eigenvalue weighted by atomic mass is 10.1. The molecule has 0 radical (unpaired) electrons. The van der Waals surface area contributed by atoms with Gasteiger partial charge >= 0.3 is 6.18 Å². The van der Waals surface area contributed by atoms with Crippen molar-refractivity contribution >= 4 is 52.5 Å². The number of thioether (sulfide) groups is 1. The lowest BCUT2D eigenvalue weighted by molar-refractivity contribution is -0.137. The van der Waals surface area contributed by atoms with Gasteiger partial charge in [-0.2, -0.15) is 13.2 Å². The molecular weight excluding hydrogens is 510 g/mol. The van der Waals surface area contributed by atoms with Gasteiger partial charge in [-0.05, 0) is 43.2 Å². The number of carbonyl (C=O) groups is 2. The molecule has 11 heteroatoms. The number of para-hydroxylation sites is 1. The lowest BCUT2D eigenvalue weighted by Gasteiger charge is -2.22. The molecule has 3 rings (SSSR count). The van der Waals surface area contributed by atoms with E-state index in [0.29, 0.717) is 42.6 Å². The van der Waals surface area contributed by atoms with E-state index >= 15 is 0 Å². The fourth-order valence-electron chi connectivity index (χ4n) is 3.58. The van der Waals surface area contributed by atoms with E-state index in [1.165, 1.54) is 30.0 Å². The van der Waals surface area contributed by atoms with Crippen molar-refractivity contribution in [3.05, 3.63) is 57.6 Å². The molecule has 184 valence electrons. The van der Waals surface area contributed by atoms with Crippen molar-refractivity contribution in [3.8, 4) is 0 Å². The van der Waals surface area contributed by atoms with Gasteiger partial charge in [0, 0.05) is 36.1 Å². The van der Waals surface area contributed by atoms with E-state index in [0.717, 1.165) is 16.5 Å². The maximum Gasteiger partial charge on any atom is 0.418 e. The number of carbonyl (C=O) groups excluding carboxylic acids is 2. The highest BCUT2D eigenvalue weighted by Gasteiger charge is 2.33. The molecule has 0 unspecified atom stereocenters. The van der Waals surface area contributed by atoms with Crippen molar-refractivity contribution in [2.24, 2.45) is 0 Å². The van der Waals surface area contributed by atoms with Gasteiger partial charge in [-0.15, -0.1) is 11.8 Å². The van der Waals surface area contributed by atoms with Crippen LogP contribution in [0, 0.1) is 6.92 Å². The number of hydrogen-bond donors (Lipinski definition) is 1. The van der Waals surface area contributed by atoms with Crippen molar-refractivity contribution in [2.45, 2.75) is 24.4 Å². The van der Waals surface area contributed by atoms with E-state index in [2.05, 4.69) is 5.32 Å². The second-order valence-electron chi connectivity index (χ2n) is 7.92.